The van der Waals surface area contributed by atoms with Crippen molar-refractivity contribution in [2.24, 2.45) is 4.99 Å². The lowest BCUT2D eigenvalue weighted by Gasteiger charge is -2.18. The second-order valence-corrected chi connectivity index (χ2v) is 3.47. The van der Waals surface area contributed by atoms with Gasteiger partial charge in [0.25, 0.3) is 0 Å². The monoisotopic (exact) mass is 234 g/mol. The molecule has 80 valence electrons. The Balaban J connectivity index is 2.45. The summed E-state index contributed by atoms with van der Waals surface area (Å²) < 4.78 is 37.1. The predicted octanol–water partition coefficient (Wildman–Crippen LogP) is 3.40. The van der Waals surface area contributed by atoms with Gasteiger partial charge in [-0.3, -0.25) is 4.99 Å². The zero-order valence-electron chi connectivity index (χ0n) is 7.35. The number of halogens is 4. The number of aliphatic imine (C=N–C) groups is 1. The lowest BCUT2D eigenvalue weighted by Crippen LogP contribution is -2.11. The van der Waals surface area contributed by atoms with Crippen LogP contribution in [0.4, 0.5) is 18.9 Å². The number of nitrogens with zero attached hydrogens (tertiary/aromatic N) is 1. The van der Waals surface area contributed by atoms with Crippen molar-refractivity contribution in [3.05, 3.63) is 29.3 Å². The Bertz CT molecular complexity index is 414. The van der Waals surface area contributed by atoms with E-state index in [2.05, 4.69) is 10.3 Å². The van der Waals surface area contributed by atoms with Gasteiger partial charge in [-0.25, -0.2) is 0 Å². The van der Waals surface area contributed by atoms with Gasteiger partial charge in [-0.05, 0) is 12.1 Å². The quantitative estimate of drug-likeness (QED) is 0.540. The van der Waals surface area contributed by atoms with E-state index in [0.29, 0.717) is 11.3 Å². The fourth-order valence-corrected chi connectivity index (χ4v) is 1.56. The van der Waals surface area contributed by atoms with Crippen LogP contribution in [0, 0.1) is 0 Å². The molecule has 1 aromatic carbocycles. The zero-order valence-corrected chi connectivity index (χ0v) is 8.10. The molecule has 1 aromatic rings. The molecule has 0 fully saturated rings. The molecule has 1 aliphatic rings. The van der Waals surface area contributed by atoms with Crippen LogP contribution in [-0.4, -0.2) is 6.34 Å². The molecule has 1 atom stereocenters. The van der Waals surface area contributed by atoms with Crippen LogP contribution in [0.15, 0.2) is 23.2 Å². The number of anilines is 1. The van der Waals surface area contributed by atoms with Gasteiger partial charge >= 0.3 is 6.18 Å². The Labute approximate surface area is 88.8 Å². The third-order valence-corrected chi connectivity index (χ3v) is 2.41. The van der Waals surface area contributed by atoms with Crippen LogP contribution >= 0.6 is 11.6 Å². The number of nitrogens with one attached hydrogen (secondary N) is 1. The van der Waals surface area contributed by atoms with Gasteiger partial charge in [-0.15, -0.1) is 0 Å². The number of hydrogen-bond acceptors (Lipinski definition) is 2. The van der Waals surface area contributed by atoms with Crippen molar-refractivity contribution in [1.82, 2.24) is 0 Å². The number of hydrogen-bond donors (Lipinski definition) is 1. The molecule has 2 rings (SSSR count). The van der Waals surface area contributed by atoms with Gasteiger partial charge in [0.1, 0.15) is 0 Å². The number of benzene rings is 1. The molecule has 0 saturated carbocycles. The first-order valence-corrected chi connectivity index (χ1v) is 4.55. The molecule has 0 aromatic heterocycles. The molecule has 2 nitrogen and oxygen atoms in total. The van der Waals surface area contributed by atoms with Gasteiger partial charge in [-0.1, -0.05) is 17.7 Å². The Morgan fingerprint density at radius 2 is 2.07 bits per heavy atom. The zero-order chi connectivity index (χ0) is 11.1. The molecule has 6 heteroatoms. The van der Waals surface area contributed by atoms with E-state index in [1.807, 2.05) is 0 Å². The normalized spacial score (nSPS) is 19.6. The second-order valence-electron chi connectivity index (χ2n) is 3.06. The first kappa shape index (κ1) is 10.3. The minimum absolute atomic E-state index is 0.347. The standard InChI is InChI=1S/C9H6ClF3N2/c10-8-6-2-1-5(9(11,12)13)3-7(6)14-4-15-8/h1-4,8H,(H,14,15)/t8-/m0/s1. The van der Waals surface area contributed by atoms with E-state index in [9.17, 15) is 13.2 Å². The van der Waals surface area contributed by atoms with Gasteiger partial charge in [-0.2, -0.15) is 13.2 Å². The summed E-state index contributed by atoms with van der Waals surface area (Å²) in [6.45, 7) is 0. The molecular weight excluding hydrogens is 229 g/mol. The summed E-state index contributed by atoms with van der Waals surface area (Å²) in [4.78, 5) is 3.81. The molecule has 0 radical (unpaired) electrons. The van der Waals surface area contributed by atoms with E-state index in [1.165, 1.54) is 12.4 Å². The average Bonchev–Trinajstić information content (AvgIpc) is 2.16. The van der Waals surface area contributed by atoms with E-state index < -0.39 is 17.2 Å². The fraction of sp³-hybridized carbons (Fsp3) is 0.222. The summed E-state index contributed by atoms with van der Waals surface area (Å²) in [7, 11) is 0. The van der Waals surface area contributed by atoms with Crippen LogP contribution in [0.3, 0.4) is 0 Å². The summed E-state index contributed by atoms with van der Waals surface area (Å²) in [6.07, 6.45) is -3.05. The molecule has 1 aliphatic heterocycles. The van der Waals surface area contributed by atoms with E-state index in [-0.39, 0.29) is 0 Å². The number of alkyl halides is 4. The molecule has 1 heterocycles. The first-order valence-electron chi connectivity index (χ1n) is 4.12. The van der Waals surface area contributed by atoms with Gasteiger partial charge in [0.05, 0.1) is 11.9 Å². The Kier molecular flexibility index (Phi) is 2.34. The molecule has 15 heavy (non-hydrogen) atoms. The Hall–Kier alpha value is -1.23. The van der Waals surface area contributed by atoms with Crippen molar-refractivity contribution >= 4 is 23.6 Å². The van der Waals surface area contributed by atoms with Crippen LogP contribution in [0.2, 0.25) is 0 Å². The summed E-state index contributed by atoms with van der Waals surface area (Å²) in [6, 6.07) is 3.35. The van der Waals surface area contributed by atoms with Crippen LogP contribution in [0.5, 0.6) is 0 Å². The highest BCUT2D eigenvalue weighted by atomic mass is 35.5. The smallest absolute Gasteiger partial charge is 0.346 e. The maximum atomic E-state index is 12.4. The highest BCUT2D eigenvalue weighted by molar-refractivity contribution is 6.22. The van der Waals surface area contributed by atoms with E-state index in [4.69, 9.17) is 11.6 Å². The largest absolute Gasteiger partial charge is 0.416 e. The molecule has 0 bridgehead atoms. The van der Waals surface area contributed by atoms with Gasteiger partial charge in [0, 0.05) is 11.3 Å². The Morgan fingerprint density at radius 1 is 1.33 bits per heavy atom. The van der Waals surface area contributed by atoms with Gasteiger partial charge in [0.2, 0.25) is 0 Å². The van der Waals surface area contributed by atoms with Gasteiger partial charge < -0.3 is 5.32 Å². The highest BCUT2D eigenvalue weighted by Gasteiger charge is 2.31. The number of rotatable bonds is 0. The fourth-order valence-electron chi connectivity index (χ4n) is 1.32. The van der Waals surface area contributed by atoms with E-state index >= 15 is 0 Å². The minimum Gasteiger partial charge on any atom is -0.346 e. The highest BCUT2D eigenvalue weighted by Crippen LogP contribution is 2.36. The molecule has 0 unspecified atom stereocenters. The third kappa shape index (κ3) is 1.92. The average molecular weight is 235 g/mol. The van der Waals surface area contributed by atoms with E-state index in [0.717, 1.165) is 12.1 Å². The first-order chi connectivity index (χ1) is 6.98. The topological polar surface area (TPSA) is 24.4 Å². The maximum absolute atomic E-state index is 12.4. The molecule has 0 amide bonds. The van der Waals surface area contributed by atoms with Crippen molar-refractivity contribution in [1.29, 1.82) is 0 Å². The molecule has 0 aliphatic carbocycles. The van der Waals surface area contributed by atoms with Crippen molar-refractivity contribution < 1.29 is 13.2 Å². The maximum Gasteiger partial charge on any atom is 0.416 e. The molecule has 1 N–H and O–H groups in total. The predicted molar refractivity (Wildman–Crippen MR) is 52.2 cm³/mol. The van der Waals surface area contributed by atoms with Crippen LogP contribution in [0.25, 0.3) is 0 Å². The van der Waals surface area contributed by atoms with Crippen molar-refractivity contribution in [3.8, 4) is 0 Å². The van der Waals surface area contributed by atoms with Crippen LogP contribution in [-0.2, 0) is 6.18 Å². The molecular formula is C9H6ClF3N2. The lowest BCUT2D eigenvalue weighted by atomic mass is 10.1. The third-order valence-electron chi connectivity index (χ3n) is 2.06. The van der Waals surface area contributed by atoms with Gasteiger partial charge in [0.15, 0.2) is 5.50 Å². The van der Waals surface area contributed by atoms with Crippen LogP contribution < -0.4 is 5.32 Å². The summed E-state index contributed by atoms with van der Waals surface area (Å²) in [5, 5.41) is 2.63. The van der Waals surface area contributed by atoms with Crippen molar-refractivity contribution in [2.75, 3.05) is 5.32 Å². The summed E-state index contributed by atoms with van der Waals surface area (Å²) in [5.41, 5.74) is -0.427. The SMILES string of the molecule is FC(F)(F)c1ccc2c(c1)NC=N[C@@H]2Cl. The van der Waals surface area contributed by atoms with Crippen LogP contribution in [0.1, 0.15) is 16.6 Å². The van der Waals surface area contributed by atoms with Crippen molar-refractivity contribution in [3.63, 3.8) is 0 Å². The summed E-state index contributed by atoms with van der Waals surface area (Å²) in [5.74, 6) is 0. The molecule has 0 saturated heterocycles. The minimum atomic E-state index is -4.34. The van der Waals surface area contributed by atoms with Crippen molar-refractivity contribution in [2.45, 2.75) is 11.7 Å². The van der Waals surface area contributed by atoms with E-state index in [1.54, 1.807) is 0 Å². The lowest BCUT2D eigenvalue weighted by molar-refractivity contribution is -0.137. The number of fused-ring (bicyclic) bond motifs is 1. The Morgan fingerprint density at radius 3 is 2.73 bits per heavy atom. The second kappa shape index (κ2) is 3.41. The summed E-state index contributed by atoms with van der Waals surface area (Å²) >= 11 is 5.79. The molecule has 0 spiro atoms.